The molecule has 71 heavy (non-hydrogen) atoms. The molecule has 0 unspecified atom stereocenters. The standard InChI is InChI=1S/C50H39N2O.C16H18N.Ir/c1-29(2)40-25-36(32-13-7-6-8-14-32)26-41(30(3)4)47(40)52-48-38-18-12-10-16-34(38)22-24-44(48)51-50(52)39-23-19-31(5)46-43-28-42-35(27-45(43)53-49(39)46)21-20-33-15-9-11-17-37(33)42;1-12-11-17-15(10-14(12)16(2,3)4)13-8-6-5-7-9-13;/h6-22,24-30H,1-5H3;5-8,10-11H,1-4H3;/q2*-1;/i5D3;1D3;. The van der Waals surface area contributed by atoms with Crippen LogP contribution in [-0.4, -0.2) is 14.5 Å². The molecule has 9 aromatic carbocycles. The molecule has 0 saturated carbocycles. The van der Waals surface area contributed by atoms with Gasteiger partial charge in [0.15, 0.2) is 0 Å². The first-order chi connectivity index (χ1) is 36.3. The van der Waals surface area contributed by atoms with E-state index in [1.807, 2.05) is 69.3 Å². The van der Waals surface area contributed by atoms with E-state index in [2.05, 4.69) is 159 Å². The summed E-state index contributed by atoms with van der Waals surface area (Å²) in [4.78, 5) is 9.73. The first kappa shape index (κ1) is 40.5. The molecule has 0 aliphatic heterocycles. The largest absolute Gasteiger partial charge is 0.501 e. The number of furan rings is 1. The maximum Gasteiger partial charge on any atom is 0.121 e. The van der Waals surface area contributed by atoms with E-state index < -0.39 is 13.7 Å². The summed E-state index contributed by atoms with van der Waals surface area (Å²) in [6.07, 6.45) is 1.48. The molecule has 0 aliphatic rings. The molecule has 5 heteroatoms. The zero-order valence-electron chi connectivity index (χ0n) is 46.9. The quantitative estimate of drug-likeness (QED) is 0.123. The molecule has 0 saturated heterocycles. The number of imidazole rings is 1. The molecule has 0 N–H and O–H groups in total. The van der Waals surface area contributed by atoms with Gasteiger partial charge in [-0.05, 0) is 120 Å². The minimum Gasteiger partial charge on any atom is -0.501 e. The van der Waals surface area contributed by atoms with E-state index in [9.17, 15) is 0 Å². The van der Waals surface area contributed by atoms with Crippen molar-refractivity contribution in [3.63, 3.8) is 0 Å². The molecule has 0 aliphatic carbocycles. The zero-order chi connectivity index (χ0) is 53.4. The Hall–Kier alpha value is -7.17. The van der Waals surface area contributed by atoms with Crippen molar-refractivity contribution in [3.05, 3.63) is 210 Å². The fourth-order valence-electron chi connectivity index (χ4n) is 10.1. The van der Waals surface area contributed by atoms with E-state index >= 15 is 0 Å². The summed E-state index contributed by atoms with van der Waals surface area (Å²) in [5.74, 6) is 0.993. The second-order valence-electron chi connectivity index (χ2n) is 20.0. The van der Waals surface area contributed by atoms with Crippen molar-refractivity contribution in [1.82, 2.24) is 14.5 Å². The second kappa shape index (κ2) is 18.9. The van der Waals surface area contributed by atoms with Crippen molar-refractivity contribution in [1.29, 1.82) is 0 Å². The van der Waals surface area contributed by atoms with E-state index in [-0.39, 0.29) is 42.9 Å². The Morgan fingerprint density at radius 3 is 1.97 bits per heavy atom. The Bertz CT molecular complexity index is 4160. The van der Waals surface area contributed by atoms with Gasteiger partial charge in [-0.1, -0.05) is 169 Å². The van der Waals surface area contributed by atoms with E-state index in [0.717, 1.165) is 71.2 Å². The van der Waals surface area contributed by atoms with Crippen molar-refractivity contribution >= 4 is 65.3 Å². The van der Waals surface area contributed by atoms with Gasteiger partial charge in [-0.25, -0.2) is 0 Å². The van der Waals surface area contributed by atoms with Gasteiger partial charge in [0.1, 0.15) is 5.58 Å². The Morgan fingerprint density at radius 1 is 0.620 bits per heavy atom. The van der Waals surface area contributed by atoms with Crippen LogP contribution in [0.5, 0.6) is 0 Å². The van der Waals surface area contributed by atoms with E-state index in [4.69, 9.17) is 17.6 Å². The van der Waals surface area contributed by atoms with E-state index in [0.29, 0.717) is 33.5 Å². The molecule has 12 rings (SSSR count). The fourth-order valence-corrected chi connectivity index (χ4v) is 10.1. The van der Waals surface area contributed by atoms with Gasteiger partial charge in [-0.15, -0.1) is 53.6 Å². The van der Waals surface area contributed by atoms with Gasteiger partial charge in [-0.3, -0.25) is 4.98 Å². The van der Waals surface area contributed by atoms with Crippen LogP contribution in [0.3, 0.4) is 0 Å². The molecule has 0 spiro atoms. The van der Waals surface area contributed by atoms with Crippen LogP contribution in [-0.2, 0) is 25.5 Å². The van der Waals surface area contributed by atoms with E-state index in [1.54, 1.807) is 6.07 Å². The van der Waals surface area contributed by atoms with E-state index in [1.165, 1.54) is 28.5 Å². The number of nitrogens with zero attached hydrogens (tertiary/aromatic N) is 3. The molecular weight excluding hydrogens is 1040 g/mol. The molecule has 3 aromatic heterocycles. The average Bonchev–Trinajstić information content (AvgIpc) is 4.06. The molecule has 1 radical (unpaired) electrons. The number of aromatic nitrogens is 3. The molecule has 4 nitrogen and oxygen atoms in total. The van der Waals surface area contributed by atoms with Crippen molar-refractivity contribution in [2.45, 2.75) is 79.4 Å². The predicted molar refractivity (Wildman–Crippen MR) is 295 cm³/mol. The van der Waals surface area contributed by atoms with Gasteiger partial charge in [0, 0.05) is 51.0 Å². The van der Waals surface area contributed by atoms with Crippen LogP contribution in [0.15, 0.2) is 174 Å². The Labute approximate surface area is 439 Å². The minimum atomic E-state index is -2.41. The predicted octanol–water partition coefficient (Wildman–Crippen LogP) is 18.2. The van der Waals surface area contributed by atoms with Crippen LogP contribution in [0, 0.1) is 25.8 Å². The number of hydrogen-bond acceptors (Lipinski definition) is 3. The Kier molecular flexibility index (Phi) is 10.8. The third-order valence-corrected chi connectivity index (χ3v) is 13.6. The summed E-state index contributed by atoms with van der Waals surface area (Å²) in [6, 6.07) is 62.2. The topological polar surface area (TPSA) is 43.9 Å². The molecule has 12 aromatic rings. The van der Waals surface area contributed by atoms with Crippen LogP contribution in [0.2, 0.25) is 0 Å². The number of benzene rings is 9. The number of aryl methyl sites for hydroxylation is 2. The molecule has 3 heterocycles. The molecular formula is C66H57IrN3O-2. The summed E-state index contributed by atoms with van der Waals surface area (Å²) < 4.78 is 58.2. The summed E-state index contributed by atoms with van der Waals surface area (Å²) in [5, 5.41) is 7.82. The van der Waals surface area contributed by atoms with Crippen molar-refractivity contribution in [2.75, 3.05) is 0 Å². The van der Waals surface area contributed by atoms with Crippen LogP contribution in [0.1, 0.15) is 96.3 Å². The maximum absolute atomic E-state index is 8.69. The van der Waals surface area contributed by atoms with Gasteiger partial charge in [0.2, 0.25) is 0 Å². The van der Waals surface area contributed by atoms with Gasteiger partial charge < -0.3 is 14.0 Å². The zero-order valence-corrected chi connectivity index (χ0v) is 43.3. The van der Waals surface area contributed by atoms with Crippen LogP contribution >= 0.6 is 0 Å². The first-order valence-electron chi connectivity index (χ1n) is 27.1. The van der Waals surface area contributed by atoms with Crippen LogP contribution in [0.4, 0.5) is 0 Å². The molecule has 0 amide bonds. The van der Waals surface area contributed by atoms with Crippen molar-refractivity contribution in [2.24, 2.45) is 0 Å². The summed E-state index contributed by atoms with van der Waals surface area (Å²) in [7, 11) is 0. The molecule has 0 atom stereocenters. The van der Waals surface area contributed by atoms with Gasteiger partial charge in [0.25, 0.3) is 0 Å². The number of pyridine rings is 1. The summed E-state index contributed by atoms with van der Waals surface area (Å²) in [6.45, 7) is 10.5. The smallest absolute Gasteiger partial charge is 0.121 e. The van der Waals surface area contributed by atoms with Crippen molar-refractivity contribution in [3.8, 4) is 39.5 Å². The second-order valence-corrected chi connectivity index (χ2v) is 20.0. The average molecular weight is 1110 g/mol. The number of hydrogen-bond donors (Lipinski definition) is 0. The first-order valence-corrected chi connectivity index (χ1v) is 24.1. The molecule has 0 fully saturated rings. The maximum atomic E-state index is 8.69. The normalized spacial score (nSPS) is 13.5. The molecule has 0 bridgehead atoms. The SMILES string of the molecule is [2H]C([2H])([2H])c1c[c-]c(-c2nc3ccc4ccccc4c3n2-c2c(C(C)C)cc(-c3ccccc3)cc2C(C)C)c2oc3cc4ccc5ccccc5c4cc3c12.[2H]C([2H])([2H])c1cnc(-c2[c-]cccc2)cc1C(C)(C)C.[Ir]. The number of rotatable bonds is 6. The van der Waals surface area contributed by atoms with Gasteiger partial charge in [0.05, 0.1) is 22.4 Å². The Balaban J connectivity index is 0.000000271. The third kappa shape index (κ3) is 8.56. The van der Waals surface area contributed by atoms with Crippen LogP contribution < -0.4 is 0 Å². The summed E-state index contributed by atoms with van der Waals surface area (Å²) in [5.41, 5.74) is 12.1. The molecule has 353 valence electrons. The fraction of sp³-hybridized carbons (Fsp3) is 0.182. The van der Waals surface area contributed by atoms with Crippen LogP contribution in [0.25, 0.3) is 105 Å². The summed E-state index contributed by atoms with van der Waals surface area (Å²) >= 11 is 0. The third-order valence-electron chi connectivity index (χ3n) is 13.6. The Morgan fingerprint density at radius 2 is 1.28 bits per heavy atom. The number of fused-ring (bicyclic) bond motifs is 9. The van der Waals surface area contributed by atoms with Crippen molar-refractivity contribution < 1.29 is 32.7 Å². The van der Waals surface area contributed by atoms with Gasteiger partial charge in [-0.2, -0.15) is 0 Å². The minimum absolute atomic E-state index is 0. The monoisotopic (exact) mass is 1110 g/mol. The van der Waals surface area contributed by atoms with Gasteiger partial charge >= 0.3 is 0 Å².